The van der Waals surface area contributed by atoms with Crippen LogP contribution in [0.5, 0.6) is 5.75 Å². The molecule has 0 aliphatic heterocycles. The summed E-state index contributed by atoms with van der Waals surface area (Å²) in [6.45, 7) is 2.09. The molecule has 0 atom stereocenters. The molecule has 0 bridgehead atoms. The minimum absolute atomic E-state index is 0.0688. The van der Waals surface area contributed by atoms with Gasteiger partial charge in [-0.05, 0) is 30.7 Å². The van der Waals surface area contributed by atoms with E-state index in [1.54, 1.807) is 7.11 Å². The van der Waals surface area contributed by atoms with E-state index >= 15 is 0 Å². The van der Waals surface area contributed by atoms with Gasteiger partial charge >= 0.3 is 0 Å². The maximum absolute atomic E-state index is 9.27. The Hall–Kier alpha value is -1.48. The average Bonchev–Trinajstić information content (AvgIpc) is 2.51. The van der Waals surface area contributed by atoms with Crippen LogP contribution in [0.4, 0.5) is 0 Å². The van der Waals surface area contributed by atoms with E-state index in [0.717, 1.165) is 27.9 Å². The van der Waals surface area contributed by atoms with Crippen LogP contribution in [-0.4, -0.2) is 16.8 Å². The van der Waals surface area contributed by atoms with Crippen molar-refractivity contribution in [1.29, 1.82) is 0 Å². The quantitative estimate of drug-likeness (QED) is 0.813. The number of hydrogen-bond acceptors (Lipinski definition) is 2. The fourth-order valence-electron chi connectivity index (χ4n) is 2.01. The van der Waals surface area contributed by atoms with E-state index < -0.39 is 0 Å². The largest absolute Gasteiger partial charge is 0.497 e. The lowest BCUT2D eigenvalue weighted by Crippen LogP contribution is -1.96. The lowest BCUT2D eigenvalue weighted by atomic mass is 10.1. The summed E-state index contributed by atoms with van der Waals surface area (Å²) in [7, 11) is 3.62. The molecule has 3 nitrogen and oxygen atoms in total. The predicted octanol–water partition coefficient (Wildman–Crippen LogP) is 1.99. The summed E-state index contributed by atoms with van der Waals surface area (Å²) in [4.78, 5) is 0. The smallest absolute Gasteiger partial charge is 0.119 e. The van der Waals surface area contributed by atoms with E-state index in [2.05, 4.69) is 0 Å². The molecule has 0 unspecified atom stereocenters. The molecule has 0 aliphatic carbocycles. The molecule has 3 heteroatoms. The number of ether oxygens (including phenoxy) is 1. The fourth-order valence-corrected chi connectivity index (χ4v) is 2.01. The molecule has 15 heavy (non-hydrogen) atoms. The van der Waals surface area contributed by atoms with E-state index in [4.69, 9.17) is 4.74 Å². The molecule has 0 fully saturated rings. The van der Waals surface area contributed by atoms with Crippen LogP contribution in [-0.2, 0) is 13.7 Å². The third-order valence-corrected chi connectivity index (χ3v) is 2.96. The van der Waals surface area contributed by atoms with Crippen molar-refractivity contribution in [1.82, 2.24) is 4.57 Å². The lowest BCUT2D eigenvalue weighted by molar-refractivity contribution is 0.272. The second-order valence-corrected chi connectivity index (χ2v) is 3.67. The van der Waals surface area contributed by atoms with Gasteiger partial charge in [-0.25, -0.2) is 0 Å². The Morgan fingerprint density at radius 1 is 1.40 bits per heavy atom. The molecule has 1 heterocycles. The normalized spacial score (nSPS) is 10.9. The molecule has 2 aromatic rings. The first kappa shape index (κ1) is 10.1. The van der Waals surface area contributed by atoms with Crippen molar-refractivity contribution >= 4 is 10.9 Å². The first-order valence-electron chi connectivity index (χ1n) is 4.91. The zero-order valence-corrected chi connectivity index (χ0v) is 9.24. The van der Waals surface area contributed by atoms with Gasteiger partial charge in [0, 0.05) is 23.6 Å². The molecule has 1 aromatic heterocycles. The number of methoxy groups -OCH3 is 1. The number of nitrogens with zero attached hydrogens (tertiary/aromatic N) is 1. The molecular formula is C12H15NO2. The van der Waals surface area contributed by atoms with Crippen LogP contribution in [0.15, 0.2) is 18.2 Å². The van der Waals surface area contributed by atoms with Crippen LogP contribution in [0.2, 0.25) is 0 Å². The first-order valence-corrected chi connectivity index (χ1v) is 4.91. The SMILES string of the molecule is COc1ccc2c(c1)c(C)c(CO)n2C. The number of aryl methyl sites for hydroxylation is 2. The number of benzene rings is 1. The third-order valence-electron chi connectivity index (χ3n) is 2.96. The van der Waals surface area contributed by atoms with Gasteiger partial charge in [0.15, 0.2) is 0 Å². The summed E-state index contributed by atoms with van der Waals surface area (Å²) in [6.07, 6.45) is 0. The summed E-state index contributed by atoms with van der Waals surface area (Å²) in [6, 6.07) is 5.95. The highest BCUT2D eigenvalue weighted by Crippen LogP contribution is 2.28. The van der Waals surface area contributed by atoms with Crippen molar-refractivity contribution in [2.45, 2.75) is 13.5 Å². The van der Waals surface area contributed by atoms with Crippen LogP contribution in [0.3, 0.4) is 0 Å². The molecule has 0 radical (unpaired) electrons. The molecule has 0 amide bonds. The molecule has 2 rings (SSSR count). The molecule has 0 aliphatic rings. The number of aliphatic hydroxyl groups is 1. The Morgan fingerprint density at radius 2 is 2.13 bits per heavy atom. The second kappa shape index (κ2) is 3.59. The van der Waals surface area contributed by atoms with Crippen molar-refractivity contribution in [2.24, 2.45) is 7.05 Å². The highest BCUT2D eigenvalue weighted by molar-refractivity contribution is 5.86. The fraction of sp³-hybridized carbons (Fsp3) is 0.333. The first-order chi connectivity index (χ1) is 7.19. The highest BCUT2D eigenvalue weighted by atomic mass is 16.5. The van der Waals surface area contributed by atoms with Crippen LogP contribution >= 0.6 is 0 Å². The van der Waals surface area contributed by atoms with Gasteiger partial charge in [-0.1, -0.05) is 0 Å². The van der Waals surface area contributed by atoms with Gasteiger partial charge in [0.1, 0.15) is 5.75 Å². The van der Waals surface area contributed by atoms with Gasteiger partial charge in [-0.15, -0.1) is 0 Å². The maximum Gasteiger partial charge on any atom is 0.119 e. The molecular weight excluding hydrogens is 190 g/mol. The van der Waals surface area contributed by atoms with E-state index in [-0.39, 0.29) is 6.61 Å². The molecule has 0 saturated carbocycles. The number of aromatic nitrogens is 1. The minimum atomic E-state index is 0.0688. The summed E-state index contributed by atoms with van der Waals surface area (Å²) >= 11 is 0. The Morgan fingerprint density at radius 3 is 2.73 bits per heavy atom. The Kier molecular flexibility index (Phi) is 2.40. The van der Waals surface area contributed by atoms with Crippen LogP contribution < -0.4 is 4.74 Å². The summed E-state index contributed by atoms with van der Waals surface area (Å²) < 4.78 is 7.21. The number of aliphatic hydroxyl groups excluding tert-OH is 1. The number of hydrogen-bond donors (Lipinski definition) is 1. The maximum atomic E-state index is 9.27. The van der Waals surface area contributed by atoms with Gasteiger partial charge in [-0.2, -0.15) is 0 Å². The van der Waals surface area contributed by atoms with Gasteiger partial charge < -0.3 is 14.4 Å². The number of rotatable bonds is 2. The van der Waals surface area contributed by atoms with Gasteiger partial charge in [-0.3, -0.25) is 0 Å². The lowest BCUT2D eigenvalue weighted by Gasteiger charge is -2.01. The minimum Gasteiger partial charge on any atom is -0.497 e. The van der Waals surface area contributed by atoms with Crippen molar-refractivity contribution in [2.75, 3.05) is 7.11 Å². The zero-order valence-electron chi connectivity index (χ0n) is 9.24. The van der Waals surface area contributed by atoms with E-state index in [1.165, 1.54) is 0 Å². The van der Waals surface area contributed by atoms with Crippen molar-refractivity contribution in [3.05, 3.63) is 29.5 Å². The van der Waals surface area contributed by atoms with Gasteiger partial charge in [0.2, 0.25) is 0 Å². The Labute approximate surface area is 88.9 Å². The van der Waals surface area contributed by atoms with E-state index in [0.29, 0.717) is 0 Å². The average molecular weight is 205 g/mol. The zero-order chi connectivity index (χ0) is 11.0. The van der Waals surface area contributed by atoms with Gasteiger partial charge in [0.25, 0.3) is 0 Å². The Bertz CT molecular complexity index is 500. The molecule has 1 aromatic carbocycles. The highest BCUT2D eigenvalue weighted by Gasteiger charge is 2.10. The summed E-state index contributed by atoms with van der Waals surface area (Å²) in [5.74, 6) is 0.848. The molecule has 80 valence electrons. The van der Waals surface area contributed by atoms with E-state index in [9.17, 15) is 5.11 Å². The molecule has 0 spiro atoms. The topological polar surface area (TPSA) is 34.4 Å². The standard InChI is InChI=1S/C12H15NO2/c1-8-10-6-9(15-3)4-5-11(10)13(2)12(8)7-14/h4-6,14H,7H2,1-3H3. The van der Waals surface area contributed by atoms with Crippen molar-refractivity contribution in [3.63, 3.8) is 0 Å². The van der Waals surface area contributed by atoms with Crippen molar-refractivity contribution < 1.29 is 9.84 Å². The van der Waals surface area contributed by atoms with Crippen LogP contribution in [0.25, 0.3) is 10.9 Å². The van der Waals surface area contributed by atoms with E-state index in [1.807, 2.05) is 36.7 Å². The van der Waals surface area contributed by atoms with Crippen LogP contribution in [0, 0.1) is 6.92 Å². The summed E-state index contributed by atoms with van der Waals surface area (Å²) in [5, 5.41) is 10.4. The Balaban J connectivity index is 2.77. The van der Waals surface area contributed by atoms with Crippen LogP contribution in [0.1, 0.15) is 11.3 Å². The third kappa shape index (κ3) is 1.39. The van der Waals surface area contributed by atoms with Gasteiger partial charge in [0.05, 0.1) is 13.7 Å². The molecule has 0 saturated heterocycles. The monoisotopic (exact) mass is 205 g/mol. The second-order valence-electron chi connectivity index (χ2n) is 3.67. The van der Waals surface area contributed by atoms with Crippen molar-refractivity contribution in [3.8, 4) is 5.75 Å². The molecule has 1 N–H and O–H groups in total. The summed E-state index contributed by atoms with van der Waals surface area (Å²) in [5.41, 5.74) is 3.20. The number of fused-ring (bicyclic) bond motifs is 1. The predicted molar refractivity (Wildman–Crippen MR) is 60.1 cm³/mol.